The number of rotatable bonds is 3. The smallest absolute Gasteiger partial charge is 0.317 e. The van der Waals surface area contributed by atoms with E-state index in [-0.39, 0.29) is 11.8 Å². The van der Waals surface area contributed by atoms with Gasteiger partial charge in [-0.3, -0.25) is 4.79 Å². The van der Waals surface area contributed by atoms with Crippen molar-refractivity contribution in [1.29, 1.82) is 0 Å². The normalized spacial score (nSPS) is 18.5. The van der Waals surface area contributed by atoms with E-state index in [1.807, 2.05) is 29.2 Å². The third-order valence-electron chi connectivity index (χ3n) is 4.11. The van der Waals surface area contributed by atoms with Crippen LogP contribution in [-0.2, 0) is 0 Å². The Labute approximate surface area is 124 Å². The van der Waals surface area contributed by atoms with E-state index in [4.69, 9.17) is 0 Å². The largest absolute Gasteiger partial charge is 0.368 e. The number of anilines is 1. The third kappa shape index (κ3) is 3.35. The molecule has 0 spiro atoms. The molecule has 1 saturated carbocycles. The highest BCUT2D eigenvalue weighted by molar-refractivity contribution is 5.94. The molecule has 1 saturated heterocycles. The van der Waals surface area contributed by atoms with Crippen LogP contribution in [-0.4, -0.2) is 48.9 Å². The minimum absolute atomic E-state index is 0.0732. The van der Waals surface area contributed by atoms with Crippen LogP contribution in [0.5, 0.6) is 0 Å². The first-order chi connectivity index (χ1) is 10.1. The molecule has 2 fully saturated rings. The summed E-state index contributed by atoms with van der Waals surface area (Å²) in [5, 5.41) is 3.03. The molecule has 2 aliphatic rings. The minimum Gasteiger partial charge on any atom is -0.368 e. The molecule has 5 heteroatoms. The summed E-state index contributed by atoms with van der Waals surface area (Å²) in [5.41, 5.74) is 1.85. The van der Waals surface area contributed by atoms with Gasteiger partial charge in [0.1, 0.15) is 0 Å². The van der Waals surface area contributed by atoms with E-state index >= 15 is 0 Å². The molecule has 0 aromatic heterocycles. The SMILES string of the molecule is CC(=O)c1ccc(N2CCN(C(=O)NC3CC3)CC2)cc1. The number of piperazine rings is 1. The first-order valence-electron chi connectivity index (χ1n) is 7.55. The summed E-state index contributed by atoms with van der Waals surface area (Å²) in [4.78, 5) is 27.4. The van der Waals surface area contributed by atoms with Crippen LogP contribution in [0.4, 0.5) is 10.5 Å². The van der Waals surface area contributed by atoms with Crippen molar-refractivity contribution < 1.29 is 9.59 Å². The molecular weight excluding hydrogens is 266 g/mol. The maximum atomic E-state index is 12.0. The summed E-state index contributed by atoms with van der Waals surface area (Å²) in [6.07, 6.45) is 2.24. The predicted molar refractivity (Wildman–Crippen MR) is 81.8 cm³/mol. The third-order valence-corrected chi connectivity index (χ3v) is 4.11. The monoisotopic (exact) mass is 287 g/mol. The molecule has 1 aromatic rings. The molecule has 1 aliphatic carbocycles. The summed E-state index contributed by atoms with van der Waals surface area (Å²) in [6, 6.07) is 8.18. The Balaban J connectivity index is 1.54. The number of carbonyl (C=O) groups is 2. The van der Waals surface area contributed by atoms with Gasteiger partial charge in [0.05, 0.1) is 0 Å². The highest BCUT2D eigenvalue weighted by Crippen LogP contribution is 2.20. The van der Waals surface area contributed by atoms with E-state index in [0.717, 1.165) is 50.3 Å². The van der Waals surface area contributed by atoms with E-state index in [1.54, 1.807) is 6.92 Å². The standard InChI is InChI=1S/C16H21N3O2/c1-12(20)13-2-6-15(7-3-13)18-8-10-19(11-9-18)16(21)17-14-4-5-14/h2-3,6-7,14H,4-5,8-11H2,1H3,(H,17,21). The van der Waals surface area contributed by atoms with E-state index in [9.17, 15) is 9.59 Å². The molecular formula is C16H21N3O2. The van der Waals surface area contributed by atoms with Gasteiger partial charge in [0, 0.05) is 43.5 Å². The molecule has 0 unspecified atom stereocenters. The fourth-order valence-corrected chi connectivity index (χ4v) is 2.57. The Bertz CT molecular complexity index is 529. The highest BCUT2D eigenvalue weighted by Gasteiger charge is 2.27. The summed E-state index contributed by atoms with van der Waals surface area (Å²) in [7, 11) is 0. The van der Waals surface area contributed by atoms with E-state index in [1.165, 1.54) is 0 Å². The van der Waals surface area contributed by atoms with Gasteiger partial charge in [-0.1, -0.05) is 0 Å². The van der Waals surface area contributed by atoms with Crippen LogP contribution in [0, 0.1) is 0 Å². The quantitative estimate of drug-likeness (QED) is 0.864. The highest BCUT2D eigenvalue weighted by atomic mass is 16.2. The Morgan fingerprint density at radius 3 is 2.19 bits per heavy atom. The number of carbonyl (C=O) groups excluding carboxylic acids is 2. The van der Waals surface area contributed by atoms with Gasteiger partial charge in [-0.2, -0.15) is 0 Å². The molecule has 3 rings (SSSR count). The number of urea groups is 1. The zero-order valence-corrected chi connectivity index (χ0v) is 12.3. The van der Waals surface area contributed by atoms with Gasteiger partial charge >= 0.3 is 6.03 Å². The zero-order chi connectivity index (χ0) is 14.8. The lowest BCUT2D eigenvalue weighted by Gasteiger charge is -2.36. The number of hydrogen-bond donors (Lipinski definition) is 1. The van der Waals surface area contributed by atoms with E-state index < -0.39 is 0 Å². The minimum atomic E-state index is 0.0732. The Morgan fingerprint density at radius 2 is 1.67 bits per heavy atom. The molecule has 1 N–H and O–H groups in total. The number of benzene rings is 1. The van der Waals surface area contributed by atoms with Gasteiger partial charge in [-0.05, 0) is 44.0 Å². The lowest BCUT2D eigenvalue weighted by molar-refractivity contribution is 0.101. The van der Waals surface area contributed by atoms with Crippen molar-refractivity contribution in [3.05, 3.63) is 29.8 Å². The molecule has 21 heavy (non-hydrogen) atoms. The maximum Gasteiger partial charge on any atom is 0.317 e. The predicted octanol–water partition coefficient (Wildman–Crippen LogP) is 1.88. The lowest BCUT2D eigenvalue weighted by Crippen LogP contribution is -2.52. The number of amides is 2. The second-order valence-electron chi connectivity index (χ2n) is 5.80. The molecule has 0 bridgehead atoms. The molecule has 5 nitrogen and oxygen atoms in total. The first-order valence-corrected chi connectivity index (χ1v) is 7.55. The topological polar surface area (TPSA) is 52.7 Å². The molecule has 0 radical (unpaired) electrons. The maximum absolute atomic E-state index is 12.0. The lowest BCUT2D eigenvalue weighted by atomic mass is 10.1. The molecule has 112 valence electrons. The van der Waals surface area contributed by atoms with Crippen molar-refractivity contribution in [2.75, 3.05) is 31.1 Å². The first kappa shape index (κ1) is 13.9. The van der Waals surface area contributed by atoms with Crippen LogP contribution in [0.1, 0.15) is 30.1 Å². The number of hydrogen-bond acceptors (Lipinski definition) is 3. The van der Waals surface area contributed by atoms with Crippen LogP contribution < -0.4 is 10.2 Å². The van der Waals surface area contributed by atoms with Gasteiger partial charge in [-0.25, -0.2) is 4.79 Å². The molecule has 1 aliphatic heterocycles. The Morgan fingerprint density at radius 1 is 1.05 bits per heavy atom. The summed E-state index contributed by atoms with van der Waals surface area (Å²) in [6.45, 7) is 4.72. The van der Waals surface area contributed by atoms with Crippen LogP contribution in [0.2, 0.25) is 0 Å². The van der Waals surface area contributed by atoms with E-state index in [2.05, 4.69) is 10.2 Å². The second-order valence-corrected chi connectivity index (χ2v) is 5.80. The van der Waals surface area contributed by atoms with Crippen molar-refractivity contribution in [2.24, 2.45) is 0 Å². The molecule has 0 atom stereocenters. The van der Waals surface area contributed by atoms with Gasteiger partial charge in [-0.15, -0.1) is 0 Å². The number of nitrogens with zero attached hydrogens (tertiary/aromatic N) is 2. The van der Waals surface area contributed by atoms with Gasteiger partial charge in [0.15, 0.2) is 5.78 Å². The van der Waals surface area contributed by atoms with Gasteiger partial charge in [0.2, 0.25) is 0 Å². The van der Waals surface area contributed by atoms with Crippen molar-refractivity contribution in [3.8, 4) is 0 Å². The average Bonchev–Trinajstić information content (AvgIpc) is 3.31. The molecule has 2 amide bonds. The molecule has 1 heterocycles. The summed E-state index contributed by atoms with van der Waals surface area (Å²) in [5.74, 6) is 0.0862. The van der Waals surface area contributed by atoms with Crippen LogP contribution in [0.25, 0.3) is 0 Å². The fraction of sp³-hybridized carbons (Fsp3) is 0.500. The Hall–Kier alpha value is -2.04. The van der Waals surface area contributed by atoms with Gasteiger partial charge in [0.25, 0.3) is 0 Å². The van der Waals surface area contributed by atoms with Crippen LogP contribution in [0.3, 0.4) is 0 Å². The van der Waals surface area contributed by atoms with Crippen molar-refractivity contribution >= 4 is 17.5 Å². The van der Waals surface area contributed by atoms with E-state index in [0.29, 0.717) is 6.04 Å². The second kappa shape index (κ2) is 5.76. The van der Waals surface area contributed by atoms with Crippen LogP contribution >= 0.6 is 0 Å². The average molecular weight is 287 g/mol. The van der Waals surface area contributed by atoms with Crippen LogP contribution in [0.15, 0.2) is 24.3 Å². The summed E-state index contributed by atoms with van der Waals surface area (Å²) < 4.78 is 0. The zero-order valence-electron chi connectivity index (χ0n) is 12.3. The fourth-order valence-electron chi connectivity index (χ4n) is 2.57. The number of nitrogens with one attached hydrogen (secondary N) is 1. The summed E-state index contributed by atoms with van der Waals surface area (Å²) >= 11 is 0. The van der Waals surface area contributed by atoms with Crippen molar-refractivity contribution in [1.82, 2.24) is 10.2 Å². The van der Waals surface area contributed by atoms with Crippen molar-refractivity contribution in [2.45, 2.75) is 25.8 Å². The van der Waals surface area contributed by atoms with Crippen molar-refractivity contribution in [3.63, 3.8) is 0 Å². The van der Waals surface area contributed by atoms with Gasteiger partial charge < -0.3 is 15.1 Å². The molecule has 1 aromatic carbocycles. The number of ketones is 1. The number of Topliss-reactive ketones (excluding diaryl/α,β-unsaturated/α-hetero) is 1. The Kier molecular flexibility index (Phi) is 3.82.